The number of ether oxygens (including phenoxy) is 3. The topological polar surface area (TPSA) is 61.8 Å². The first-order chi connectivity index (χ1) is 11.0. The molecule has 23 heavy (non-hydrogen) atoms. The molecule has 0 amide bonds. The first kappa shape index (κ1) is 18.7. The zero-order chi connectivity index (χ0) is 17.1. The average Bonchev–Trinajstić information content (AvgIpc) is 2.51. The van der Waals surface area contributed by atoms with Gasteiger partial charge in [-0.05, 0) is 51.7 Å². The maximum atomic E-state index is 11.5. The predicted octanol–water partition coefficient (Wildman–Crippen LogP) is 4.19. The number of carbonyl (C=O) groups is 2. The maximum Gasteiger partial charge on any atom is 0.513 e. The number of hydrogen-bond acceptors (Lipinski definition) is 5. The summed E-state index contributed by atoms with van der Waals surface area (Å²) in [6, 6.07) is 7.18. The minimum Gasteiger partial charge on any atom is -0.462 e. The van der Waals surface area contributed by atoms with Gasteiger partial charge < -0.3 is 14.2 Å². The standard InChI is InChI=1S/C18H24O5/c1-14(2)17(19)21-12-6-4-5-7-13-22-18(20)23-16-10-8-15(3)9-11-16/h8-11H,1,4-7,12-13H2,2-3H3. The van der Waals surface area contributed by atoms with Crippen molar-refractivity contribution in [3.63, 3.8) is 0 Å². The number of hydrogen-bond donors (Lipinski definition) is 0. The molecule has 0 unspecified atom stereocenters. The second kappa shape index (κ2) is 10.4. The molecular formula is C18H24O5. The van der Waals surface area contributed by atoms with Gasteiger partial charge in [0.05, 0.1) is 13.2 Å². The van der Waals surface area contributed by atoms with Crippen LogP contribution in [0.15, 0.2) is 36.4 Å². The van der Waals surface area contributed by atoms with Crippen LogP contribution in [0.4, 0.5) is 4.79 Å². The van der Waals surface area contributed by atoms with Gasteiger partial charge in [-0.2, -0.15) is 0 Å². The van der Waals surface area contributed by atoms with E-state index < -0.39 is 6.16 Å². The molecule has 0 heterocycles. The molecule has 0 fully saturated rings. The van der Waals surface area contributed by atoms with E-state index in [4.69, 9.17) is 14.2 Å². The van der Waals surface area contributed by atoms with Crippen molar-refractivity contribution in [2.24, 2.45) is 0 Å². The highest BCUT2D eigenvalue weighted by Crippen LogP contribution is 2.12. The van der Waals surface area contributed by atoms with Crippen molar-refractivity contribution in [3.8, 4) is 5.75 Å². The molecule has 126 valence electrons. The van der Waals surface area contributed by atoms with Crippen LogP contribution in [0, 0.1) is 6.92 Å². The van der Waals surface area contributed by atoms with Crippen molar-refractivity contribution in [1.82, 2.24) is 0 Å². The number of benzene rings is 1. The second-order valence-electron chi connectivity index (χ2n) is 5.34. The monoisotopic (exact) mass is 320 g/mol. The summed E-state index contributed by atoms with van der Waals surface area (Å²) in [5, 5.41) is 0. The molecule has 0 atom stereocenters. The first-order valence-corrected chi connectivity index (χ1v) is 7.73. The molecule has 1 rings (SSSR count). The summed E-state index contributed by atoms with van der Waals surface area (Å²) in [4.78, 5) is 22.6. The van der Waals surface area contributed by atoms with Gasteiger partial charge in [-0.1, -0.05) is 24.3 Å². The molecule has 0 saturated heterocycles. The van der Waals surface area contributed by atoms with Crippen LogP contribution in [0.2, 0.25) is 0 Å². The van der Waals surface area contributed by atoms with Crippen molar-refractivity contribution >= 4 is 12.1 Å². The van der Waals surface area contributed by atoms with E-state index in [0.717, 1.165) is 31.2 Å². The maximum absolute atomic E-state index is 11.5. The Morgan fingerprint density at radius 1 is 0.957 bits per heavy atom. The molecule has 0 aliphatic carbocycles. The number of aryl methyl sites for hydroxylation is 1. The molecule has 0 radical (unpaired) electrons. The minimum atomic E-state index is -0.691. The van der Waals surface area contributed by atoms with E-state index >= 15 is 0 Å². The Morgan fingerprint density at radius 2 is 1.52 bits per heavy atom. The minimum absolute atomic E-state index is 0.316. The fourth-order valence-electron chi connectivity index (χ4n) is 1.73. The molecule has 0 aromatic heterocycles. The van der Waals surface area contributed by atoms with E-state index in [2.05, 4.69) is 6.58 Å². The van der Waals surface area contributed by atoms with E-state index in [1.165, 1.54) is 0 Å². The summed E-state index contributed by atoms with van der Waals surface area (Å²) in [5.74, 6) is 0.118. The average molecular weight is 320 g/mol. The SMILES string of the molecule is C=C(C)C(=O)OCCCCCCOC(=O)Oc1ccc(C)cc1. The third-order valence-corrected chi connectivity index (χ3v) is 3.06. The second-order valence-corrected chi connectivity index (χ2v) is 5.34. The van der Waals surface area contributed by atoms with Gasteiger partial charge in [0.2, 0.25) is 0 Å². The van der Waals surface area contributed by atoms with E-state index in [1.807, 2.05) is 19.1 Å². The Bertz CT molecular complexity index is 519. The summed E-state index contributed by atoms with van der Waals surface area (Å²) in [5.41, 5.74) is 1.50. The van der Waals surface area contributed by atoms with Crippen molar-refractivity contribution in [2.75, 3.05) is 13.2 Å². The van der Waals surface area contributed by atoms with Gasteiger partial charge in [-0.15, -0.1) is 0 Å². The first-order valence-electron chi connectivity index (χ1n) is 7.73. The zero-order valence-corrected chi connectivity index (χ0v) is 13.8. The fraction of sp³-hybridized carbons (Fsp3) is 0.444. The van der Waals surface area contributed by atoms with Crippen molar-refractivity contribution < 1.29 is 23.8 Å². The zero-order valence-electron chi connectivity index (χ0n) is 13.8. The molecule has 5 heteroatoms. The molecule has 0 aliphatic heterocycles. The van der Waals surface area contributed by atoms with Gasteiger partial charge in [0.15, 0.2) is 0 Å². The molecule has 0 bridgehead atoms. The number of unbranched alkanes of at least 4 members (excludes halogenated alkanes) is 3. The summed E-state index contributed by atoms with van der Waals surface area (Å²) in [7, 11) is 0. The van der Waals surface area contributed by atoms with Crippen LogP contribution in [0.5, 0.6) is 5.75 Å². The van der Waals surface area contributed by atoms with Crippen molar-refractivity contribution in [2.45, 2.75) is 39.5 Å². The lowest BCUT2D eigenvalue weighted by Gasteiger charge is -2.06. The highest BCUT2D eigenvalue weighted by Gasteiger charge is 2.05. The molecule has 1 aromatic rings. The Labute approximate surface area is 137 Å². The highest BCUT2D eigenvalue weighted by molar-refractivity contribution is 5.86. The Morgan fingerprint density at radius 3 is 2.09 bits per heavy atom. The largest absolute Gasteiger partial charge is 0.513 e. The molecule has 0 aliphatic rings. The van der Waals surface area contributed by atoms with Crippen LogP contribution in [0.25, 0.3) is 0 Å². The van der Waals surface area contributed by atoms with Gasteiger partial charge >= 0.3 is 12.1 Å². The Hall–Kier alpha value is -2.30. The van der Waals surface area contributed by atoms with Crippen LogP contribution in [0.3, 0.4) is 0 Å². The normalized spacial score (nSPS) is 10.0. The molecule has 0 N–H and O–H groups in total. The van der Waals surface area contributed by atoms with E-state index in [9.17, 15) is 9.59 Å². The van der Waals surface area contributed by atoms with Crippen LogP contribution < -0.4 is 4.74 Å². The lowest BCUT2D eigenvalue weighted by atomic mass is 10.2. The van der Waals surface area contributed by atoms with E-state index in [0.29, 0.717) is 24.5 Å². The van der Waals surface area contributed by atoms with Crippen LogP contribution in [-0.4, -0.2) is 25.3 Å². The third-order valence-electron chi connectivity index (χ3n) is 3.06. The number of esters is 1. The van der Waals surface area contributed by atoms with Crippen LogP contribution in [-0.2, 0) is 14.3 Å². The molecular weight excluding hydrogens is 296 g/mol. The third kappa shape index (κ3) is 8.66. The van der Waals surface area contributed by atoms with E-state index in [1.54, 1.807) is 19.1 Å². The number of rotatable bonds is 9. The van der Waals surface area contributed by atoms with E-state index in [-0.39, 0.29) is 5.97 Å². The lowest BCUT2D eigenvalue weighted by molar-refractivity contribution is -0.139. The van der Waals surface area contributed by atoms with Crippen molar-refractivity contribution in [1.29, 1.82) is 0 Å². The summed E-state index contributed by atoms with van der Waals surface area (Å²) < 4.78 is 15.0. The molecule has 0 spiro atoms. The summed E-state index contributed by atoms with van der Waals surface area (Å²) >= 11 is 0. The predicted molar refractivity (Wildman–Crippen MR) is 87.4 cm³/mol. The number of carbonyl (C=O) groups excluding carboxylic acids is 2. The molecule has 1 aromatic carbocycles. The molecule has 0 saturated carbocycles. The van der Waals surface area contributed by atoms with Crippen LogP contribution in [0.1, 0.15) is 38.2 Å². The van der Waals surface area contributed by atoms with Crippen LogP contribution >= 0.6 is 0 Å². The van der Waals surface area contributed by atoms with Gasteiger partial charge in [-0.25, -0.2) is 9.59 Å². The van der Waals surface area contributed by atoms with Crippen molar-refractivity contribution in [3.05, 3.63) is 42.0 Å². The van der Waals surface area contributed by atoms with Gasteiger partial charge in [-0.3, -0.25) is 0 Å². The highest BCUT2D eigenvalue weighted by atomic mass is 16.7. The quantitative estimate of drug-likeness (QED) is 0.295. The van der Waals surface area contributed by atoms with Gasteiger partial charge in [0.25, 0.3) is 0 Å². The van der Waals surface area contributed by atoms with Gasteiger partial charge in [0, 0.05) is 5.57 Å². The Kier molecular flexibility index (Phi) is 8.50. The lowest BCUT2D eigenvalue weighted by Crippen LogP contribution is -2.11. The van der Waals surface area contributed by atoms with Gasteiger partial charge in [0.1, 0.15) is 5.75 Å². The molecule has 5 nitrogen and oxygen atoms in total. The summed E-state index contributed by atoms with van der Waals surface area (Å²) in [6.07, 6.45) is 2.64. The Balaban J connectivity index is 2.00. The fourth-order valence-corrected chi connectivity index (χ4v) is 1.73. The summed E-state index contributed by atoms with van der Waals surface area (Å²) in [6.45, 7) is 7.80. The smallest absolute Gasteiger partial charge is 0.462 e.